The van der Waals surface area contributed by atoms with Crippen molar-refractivity contribution in [3.8, 4) is 0 Å². The van der Waals surface area contributed by atoms with Crippen molar-refractivity contribution < 1.29 is 4.57 Å². The van der Waals surface area contributed by atoms with E-state index in [-0.39, 0.29) is 0 Å². The Morgan fingerprint density at radius 1 is 1.11 bits per heavy atom. The molecule has 1 aliphatic heterocycles. The lowest BCUT2D eigenvalue weighted by Gasteiger charge is -2.18. The molecule has 0 bridgehead atoms. The van der Waals surface area contributed by atoms with Crippen LogP contribution in [0.5, 0.6) is 0 Å². The van der Waals surface area contributed by atoms with Crippen LogP contribution in [0.25, 0.3) is 16.3 Å². The minimum atomic E-state index is 0.777. The lowest BCUT2D eigenvalue weighted by atomic mass is 10.2. The number of halogens is 2. The molecule has 0 amide bonds. The van der Waals surface area contributed by atoms with Gasteiger partial charge in [-0.05, 0) is 62.8 Å². The number of allylic oxidation sites excluding steroid dienone is 2. The van der Waals surface area contributed by atoms with Gasteiger partial charge in [0.1, 0.15) is 11.2 Å². The lowest BCUT2D eigenvalue weighted by Crippen LogP contribution is -2.33. The van der Waals surface area contributed by atoms with Gasteiger partial charge in [-0.25, -0.2) is 0 Å². The minimum Gasteiger partial charge on any atom is -0.335 e. The van der Waals surface area contributed by atoms with Crippen molar-refractivity contribution in [3.05, 3.63) is 68.1 Å². The molecule has 0 saturated heterocycles. The Labute approximate surface area is 184 Å². The Balaban J connectivity index is 1.71. The Kier molecular flexibility index (Phi) is 5.75. The molecule has 0 fully saturated rings. The number of rotatable bonds is 4. The summed E-state index contributed by atoms with van der Waals surface area (Å²) in [6, 6.07) is 12.2. The third-order valence-corrected chi connectivity index (χ3v) is 7.41. The quantitative estimate of drug-likeness (QED) is 0.384. The van der Waals surface area contributed by atoms with E-state index in [0.29, 0.717) is 0 Å². The molecule has 0 spiro atoms. The number of nitrogens with zero attached hydrogens (tertiary/aromatic N) is 2. The summed E-state index contributed by atoms with van der Waals surface area (Å²) in [5, 5.41) is 4.03. The molecular weight excluding hydrogens is 427 g/mol. The van der Waals surface area contributed by atoms with Gasteiger partial charge < -0.3 is 4.90 Å². The van der Waals surface area contributed by atoms with E-state index >= 15 is 0 Å². The molecule has 0 saturated carbocycles. The molecule has 6 heteroatoms. The highest BCUT2D eigenvalue weighted by molar-refractivity contribution is 8.03. The molecule has 0 aliphatic carbocycles. The van der Waals surface area contributed by atoms with E-state index in [9.17, 15) is 0 Å². The molecule has 0 unspecified atom stereocenters. The fourth-order valence-electron chi connectivity index (χ4n) is 3.45. The SMILES string of the molecule is CCN1C(=CC(C)=Cc2sc3ccc(Cl)cc3[n+]2CC)Sc2ccc(Cl)cc21. The molecule has 0 N–H and O–H groups in total. The van der Waals surface area contributed by atoms with Crippen molar-refractivity contribution in [2.24, 2.45) is 0 Å². The zero-order chi connectivity index (χ0) is 19.8. The molecule has 28 heavy (non-hydrogen) atoms. The molecule has 4 rings (SSSR count). The van der Waals surface area contributed by atoms with Crippen molar-refractivity contribution in [2.75, 3.05) is 11.4 Å². The molecule has 2 heterocycles. The number of hydrogen-bond donors (Lipinski definition) is 0. The number of hydrogen-bond acceptors (Lipinski definition) is 3. The van der Waals surface area contributed by atoms with Gasteiger partial charge in [-0.1, -0.05) is 46.3 Å². The molecule has 3 aromatic rings. The van der Waals surface area contributed by atoms with Crippen LogP contribution in [0.4, 0.5) is 5.69 Å². The van der Waals surface area contributed by atoms with E-state index in [1.54, 1.807) is 23.1 Å². The van der Waals surface area contributed by atoms with Crippen LogP contribution in [-0.2, 0) is 6.54 Å². The molecule has 0 radical (unpaired) electrons. The van der Waals surface area contributed by atoms with Crippen LogP contribution in [0.1, 0.15) is 25.8 Å². The Hall–Kier alpha value is -1.46. The number of fused-ring (bicyclic) bond motifs is 2. The van der Waals surface area contributed by atoms with Gasteiger partial charge in [0, 0.05) is 33.6 Å². The van der Waals surface area contributed by atoms with E-state index < -0.39 is 0 Å². The van der Waals surface area contributed by atoms with E-state index in [1.807, 2.05) is 24.3 Å². The number of thioether (sulfide) groups is 1. The summed E-state index contributed by atoms with van der Waals surface area (Å²) in [6.45, 7) is 8.33. The second-order valence-electron chi connectivity index (χ2n) is 6.63. The van der Waals surface area contributed by atoms with Crippen molar-refractivity contribution in [3.63, 3.8) is 0 Å². The molecule has 0 atom stereocenters. The van der Waals surface area contributed by atoms with Crippen LogP contribution < -0.4 is 9.47 Å². The number of benzene rings is 2. The molecule has 144 valence electrons. The largest absolute Gasteiger partial charge is 0.335 e. The third-order valence-electron chi connectivity index (χ3n) is 4.72. The highest BCUT2D eigenvalue weighted by atomic mass is 35.5. The maximum Gasteiger partial charge on any atom is 0.262 e. The minimum absolute atomic E-state index is 0.777. The predicted octanol–water partition coefficient (Wildman–Crippen LogP) is 7.39. The van der Waals surface area contributed by atoms with Crippen molar-refractivity contribution >= 4 is 68.3 Å². The topological polar surface area (TPSA) is 7.12 Å². The number of aromatic nitrogens is 1. The second kappa shape index (κ2) is 8.11. The Morgan fingerprint density at radius 2 is 1.86 bits per heavy atom. The van der Waals surface area contributed by atoms with Gasteiger partial charge in [0.2, 0.25) is 5.52 Å². The average Bonchev–Trinajstić information content (AvgIpc) is 3.17. The normalized spacial score (nSPS) is 15.7. The third kappa shape index (κ3) is 3.71. The zero-order valence-electron chi connectivity index (χ0n) is 16.0. The Bertz CT molecular complexity index is 1120. The second-order valence-corrected chi connectivity index (χ2v) is 9.62. The first-order chi connectivity index (χ1) is 13.5. The van der Waals surface area contributed by atoms with E-state index in [0.717, 1.165) is 23.1 Å². The van der Waals surface area contributed by atoms with Gasteiger partial charge in [-0.3, -0.25) is 0 Å². The van der Waals surface area contributed by atoms with Crippen molar-refractivity contribution in [2.45, 2.75) is 32.2 Å². The first kappa shape index (κ1) is 19.8. The highest BCUT2D eigenvalue weighted by Crippen LogP contribution is 2.47. The lowest BCUT2D eigenvalue weighted by molar-refractivity contribution is -0.665. The fraction of sp³-hybridized carbons (Fsp3) is 0.227. The summed E-state index contributed by atoms with van der Waals surface area (Å²) >= 11 is 16.0. The molecule has 1 aromatic heterocycles. The average molecular weight is 448 g/mol. The van der Waals surface area contributed by atoms with Gasteiger partial charge in [0.15, 0.2) is 0 Å². The van der Waals surface area contributed by atoms with Crippen LogP contribution >= 0.6 is 46.3 Å². The van der Waals surface area contributed by atoms with E-state index in [2.05, 4.69) is 54.5 Å². The van der Waals surface area contributed by atoms with Crippen LogP contribution in [0.2, 0.25) is 10.0 Å². The molecule has 2 aromatic carbocycles. The number of anilines is 1. The van der Waals surface area contributed by atoms with Crippen molar-refractivity contribution in [1.82, 2.24) is 0 Å². The highest BCUT2D eigenvalue weighted by Gasteiger charge is 2.24. The summed E-state index contributed by atoms with van der Waals surface area (Å²) < 4.78 is 3.58. The van der Waals surface area contributed by atoms with Crippen LogP contribution in [0.3, 0.4) is 0 Å². The fourth-order valence-corrected chi connectivity index (χ4v) is 6.21. The molecule has 1 aliphatic rings. The van der Waals surface area contributed by atoms with E-state index in [4.69, 9.17) is 23.2 Å². The first-order valence-corrected chi connectivity index (χ1v) is 11.7. The summed E-state index contributed by atoms with van der Waals surface area (Å²) in [6.07, 6.45) is 4.53. The monoisotopic (exact) mass is 447 g/mol. The Morgan fingerprint density at radius 3 is 2.61 bits per heavy atom. The standard InChI is InChI=1S/C22H21Cl2N2S2/c1-4-25-17-12-15(23)6-8-19(17)27-21(25)10-14(3)11-22-26(5-2)18-13-16(24)7-9-20(18)28-22/h6-13H,4-5H2,1-3H3/q+1. The van der Waals surface area contributed by atoms with Gasteiger partial charge in [0.05, 0.1) is 10.7 Å². The summed E-state index contributed by atoms with van der Waals surface area (Å²) in [7, 11) is 0. The van der Waals surface area contributed by atoms with Crippen LogP contribution in [0, 0.1) is 0 Å². The van der Waals surface area contributed by atoms with E-state index in [1.165, 1.54) is 36.4 Å². The van der Waals surface area contributed by atoms with Gasteiger partial charge in [0.25, 0.3) is 5.01 Å². The zero-order valence-corrected chi connectivity index (χ0v) is 19.1. The summed E-state index contributed by atoms with van der Waals surface area (Å²) in [4.78, 5) is 3.58. The maximum atomic E-state index is 6.21. The predicted molar refractivity (Wildman–Crippen MR) is 125 cm³/mol. The number of aryl methyl sites for hydroxylation is 1. The molecular formula is C22H21Cl2N2S2+. The summed E-state index contributed by atoms with van der Waals surface area (Å²) in [5.41, 5.74) is 3.61. The summed E-state index contributed by atoms with van der Waals surface area (Å²) in [5.74, 6) is 0. The molecule has 2 nitrogen and oxygen atoms in total. The van der Waals surface area contributed by atoms with Gasteiger partial charge in [-0.15, -0.1) is 0 Å². The first-order valence-electron chi connectivity index (χ1n) is 9.27. The smallest absolute Gasteiger partial charge is 0.262 e. The van der Waals surface area contributed by atoms with Gasteiger partial charge >= 0.3 is 0 Å². The van der Waals surface area contributed by atoms with Crippen LogP contribution in [0.15, 0.2) is 58.0 Å². The maximum absolute atomic E-state index is 6.21. The van der Waals surface area contributed by atoms with Crippen LogP contribution in [-0.4, -0.2) is 6.54 Å². The van der Waals surface area contributed by atoms with Crippen molar-refractivity contribution in [1.29, 1.82) is 0 Å². The number of thiazole rings is 1. The van der Waals surface area contributed by atoms with Gasteiger partial charge in [-0.2, -0.15) is 4.57 Å².